The predicted molar refractivity (Wildman–Crippen MR) is 71.4 cm³/mol. The molecule has 0 spiro atoms. The highest BCUT2D eigenvalue weighted by atomic mass is 32.2. The van der Waals surface area contributed by atoms with E-state index in [-0.39, 0.29) is 23.3 Å². The number of amides is 1. The van der Waals surface area contributed by atoms with Gasteiger partial charge < -0.3 is 4.90 Å². The van der Waals surface area contributed by atoms with E-state index in [0.29, 0.717) is 19.6 Å². The summed E-state index contributed by atoms with van der Waals surface area (Å²) < 4.78 is 24.4. The molecule has 1 amide bonds. The fraction of sp³-hybridized carbons (Fsp3) is 0.667. The van der Waals surface area contributed by atoms with E-state index < -0.39 is 9.84 Å². The van der Waals surface area contributed by atoms with Crippen molar-refractivity contribution in [2.75, 3.05) is 24.6 Å². The first-order valence-corrected chi connectivity index (χ1v) is 8.19. The fourth-order valence-electron chi connectivity index (χ4n) is 2.17. The number of carbonyl (C=O) groups excluding carboxylic acids is 1. The first-order chi connectivity index (χ1) is 8.87. The normalized spacial score (nSPS) is 20.2. The van der Waals surface area contributed by atoms with Crippen molar-refractivity contribution in [3.8, 4) is 0 Å². The first kappa shape index (κ1) is 14.0. The molecule has 0 N–H and O–H groups in total. The lowest BCUT2D eigenvalue weighted by Crippen LogP contribution is -2.46. The van der Waals surface area contributed by atoms with E-state index in [9.17, 15) is 13.2 Å². The molecule has 1 fully saturated rings. The minimum atomic E-state index is -2.94. The number of carbonyl (C=O) groups is 1. The van der Waals surface area contributed by atoms with Gasteiger partial charge in [0.25, 0.3) is 0 Å². The summed E-state index contributed by atoms with van der Waals surface area (Å²) in [7, 11) is -2.94. The third kappa shape index (κ3) is 3.56. The summed E-state index contributed by atoms with van der Waals surface area (Å²) in [4.78, 5) is 13.9. The van der Waals surface area contributed by atoms with Gasteiger partial charge in [0.05, 0.1) is 29.7 Å². The predicted octanol–water partition coefficient (Wildman–Crippen LogP) is 0.0846. The van der Waals surface area contributed by atoms with E-state index in [1.165, 1.54) is 0 Å². The van der Waals surface area contributed by atoms with Crippen LogP contribution < -0.4 is 0 Å². The number of hydrogen-bond donors (Lipinski definition) is 0. The molecule has 6 nitrogen and oxygen atoms in total. The third-order valence-corrected chi connectivity index (χ3v) is 4.92. The summed E-state index contributed by atoms with van der Waals surface area (Å²) in [6, 6.07) is 1.89. The zero-order valence-corrected chi connectivity index (χ0v) is 12.1. The Bertz CT molecular complexity index is 551. The summed E-state index contributed by atoms with van der Waals surface area (Å²) in [5.41, 5.74) is 0.920. The van der Waals surface area contributed by atoms with Crippen LogP contribution >= 0.6 is 0 Å². The average Bonchev–Trinajstić information content (AvgIpc) is 2.74. The van der Waals surface area contributed by atoms with Crippen molar-refractivity contribution in [2.24, 2.45) is 5.92 Å². The van der Waals surface area contributed by atoms with E-state index in [4.69, 9.17) is 0 Å². The molecule has 1 aliphatic rings. The maximum Gasteiger partial charge on any atom is 0.227 e. The summed E-state index contributed by atoms with van der Waals surface area (Å²) >= 11 is 0. The number of nitrogens with zero attached hydrogens (tertiary/aromatic N) is 3. The van der Waals surface area contributed by atoms with Gasteiger partial charge in [-0.15, -0.1) is 0 Å². The number of aryl methyl sites for hydroxylation is 1. The van der Waals surface area contributed by atoms with Crippen LogP contribution in [0.3, 0.4) is 0 Å². The largest absolute Gasteiger partial charge is 0.340 e. The average molecular weight is 285 g/mol. The monoisotopic (exact) mass is 285 g/mol. The second-order valence-electron chi connectivity index (χ2n) is 5.06. The van der Waals surface area contributed by atoms with Gasteiger partial charge in [-0.25, -0.2) is 8.42 Å². The molecule has 19 heavy (non-hydrogen) atoms. The van der Waals surface area contributed by atoms with Crippen LogP contribution in [0.2, 0.25) is 0 Å². The molecule has 2 rings (SSSR count). The van der Waals surface area contributed by atoms with Crippen LogP contribution in [0.1, 0.15) is 12.6 Å². The fourth-order valence-corrected chi connectivity index (χ4v) is 3.37. The summed E-state index contributed by atoms with van der Waals surface area (Å²) in [6.45, 7) is 4.89. The summed E-state index contributed by atoms with van der Waals surface area (Å²) in [6.07, 6.45) is 1.85. The molecule has 0 radical (unpaired) electrons. The molecule has 1 saturated heterocycles. The lowest BCUT2D eigenvalue weighted by Gasteiger charge is -2.29. The molecule has 1 atom stereocenters. The molecular formula is C12H19N3O3S. The first-order valence-electron chi connectivity index (χ1n) is 6.37. The van der Waals surface area contributed by atoms with Crippen LogP contribution in [0.15, 0.2) is 12.3 Å². The molecule has 106 valence electrons. The Balaban J connectivity index is 1.92. The molecule has 1 aromatic rings. The molecule has 7 heteroatoms. The van der Waals surface area contributed by atoms with Gasteiger partial charge in [-0.05, 0) is 13.0 Å². The molecule has 0 aliphatic carbocycles. The smallest absolute Gasteiger partial charge is 0.227 e. The van der Waals surface area contributed by atoms with Crippen molar-refractivity contribution in [1.29, 1.82) is 0 Å². The Morgan fingerprint density at radius 2 is 2.05 bits per heavy atom. The molecule has 1 aromatic heterocycles. The quantitative estimate of drug-likeness (QED) is 0.788. The Morgan fingerprint density at radius 1 is 1.42 bits per heavy atom. The van der Waals surface area contributed by atoms with Crippen LogP contribution in [0.25, 0.3) is 0 Å². The van der Waals surface area contributed by atoms with Gasteiger partial charge in [-0.2, -0.15) is 5.10 Å². The molecule has 1 unspecified atom stereocenters. The van der Waals surface area contributed by atoms with Gasteiger partial charge in [-0.1, -0.05) is 6.92 Å². The lowest BCUT2D eigenvalue weighted by atomic mass is 10.1. The van der Waals surface area contributed by atoms with E-state index in [0.717, 1.165) is 5.69 Å². The van der Waals surface area contributed by atoms with Gasteiger partial charge >= 0.3 is 0 Å². The highest BCUT2D eigenvalue weighted by Gasteiger charge is 2.27. The van der Waals surface area contributed by atoms with Crippen LogP contribution in [-0.2, 0) is 21.2 Å². The summed E-state index contributed by atoms with van der Waals surface area (Å²) in [5.74, 6) is -0.0401. The third-order valence-electron chi connectivity index (χ3n) is 3.31. The maximum atomic E-state index is 12.2. The van der Waals surface area contributed by atoms with Gasteiger partial charge in [0.2, 0.25) is 5.91 Å². The second-order valence-corrected chi connectivity index (χ2v) is 7.36. The van der Waals surface area contributed by atoms with Crippen LogP contribution in [0.4, 0.5) is 0 Å². The zero-order valence-electron chi connectivity index (χ0n) is 11.2. The van der Waals surface area contributed by atoms with Crippen LogP contribution in [0.5, 0.6) is 0 Å². The highest BCUT2D eigenvalue weighted by molar-refractivity contribution is 7.91. The van der Waals surface area contributed by atoms with E-state index in [1.807, 2.05) is 26.1 Å². The van der Waals surface area contributed by atoms with Crippen molar-refractivity contribution in [3.05, 3.63) is 18.0 Å². The number of sulfone groups is 1. The van der Waals surface area contributed by atoms with E-state index in [1.54, 1.807) is 9.58 Å². The van der Waals surface area contributed by atoms with E-state index in [2.05, 4.69) is 5.10 Å². The molecule has 0 saturated carbocycles. The molecule has 2 heterocycles. The number of hydrogen-bond acceptors (Lipinski definition) is 4. The molecule has 1 aliphatic heterocycles. The number of aromatic nitrogens is 2. The topological polar surface area (TPSA) is 72.3 Å². The van der Waals surface area contributed by atoms with Crippen molar-refractivity contribution >= 4 is 15.7 Å². The van der Waals surface area contributed by atoms with Crippen LogP contribution in [-0.4, -0.2) is 53.6 Å². The minimum Gasteiger partial charge on any atom is -0.340 e. The Hall–Kier alpha value is -1.37. The lowest BCUT2D eigenvalue weighted by molar-refractivity contribution is -0.135. The van der Waals surface area contributed by atoms with Gasteiger partial charge in [-0.3, -0.25) is 9.48 Å². The molecule has 0 aromatic carbocycles. The van der Waals surface area contributed by atoms with Gasteiger partial charge in [0.1, 0.15) is 0 Å². The van der Waals surface area contributed by atoms with Crippen molar-refractivity contribution in [2.45, 2.75) is 20.4 Å². The Labute approximate surface area is 113 Å². The minimum absolute atomic E-state index is 0.00283. The maximum absolute atomic E-state index is 12.2. The SMILES string of the molecule is Cc1ccn(CC(C)C(=O)N2CCS(=O)(=O)CC2)n1. The molecular weight excluding hydrogens is 266 g/mol. The van der Waals surface area contributed by atoms with Crippen molar-refractivity contribution in [3.63, 3.8) is 0 Å². The van der Waals surface area contributed by atoms with Crippen molar-refractivity contribution in [1.82, 2.24) is 14.7 Å². The van der Waals surface area contributed by atoms with Crippen LogP contribution in [0, 0.1) is 12.8 Å². The zero-order chi connectivity index (χ0) is 14.0. The Morgan fingerprint density at radius 3 is 2.58 bits per heavy atom. The van der Waals surface area contributed by atoms with Crippen molar-refractivity contribution < 1.29 is 13.2 Å². The standard InChI is InChI=1S/C12H19N3O3S/c1-10(9-15-4-3-11(2)13-15)12(16)14-5-7-19(17,18)8-6-14/h3-4,10H,5-9H2,1-2H3. The highest BCUT2D eigenvalue weighted by Crippen LogP contribution is 2.10. The summed E-state index contributed by atoms with van der Waals surface area (Å²) in [5, 5.41) is 4.25. The van der Waals surface area contributed by atoms with Gasteiger partial charge in [0.15, 0.2) is 9.84 Å². The Kier molecular flexibility index (Phi) is 3.93. The van der Waals surface area contributed by atoms with E-state index >= 15 is 0 Å². The second kappa shape index (κ2) is 5.32. The molecule has 0 bridgehead atoms. The number of rotatable bonds is 3. The van der Waals surface area contributed by atoms with Gasteiger partial charge in [0, 0.05) is 19.3 Å².